The van der Waals surface area contributed by atoms with Crippen LogP contribution in [0.3, 0.4) is 0 Å². The van der Waals surface area contributed by atoms with Crippen molar-refractivity contribution in [3.63, 3.8) is 0 Å². The van der Waals surface area contributed by atoms with Crippen LogP contribution < -0.4 is 11.1 Å². The normalized spacial score (nSPS) is 14.0. The third kappa shape index (κ3) is 3.21. The number of hydrogen-bond donors (Lipinski definition) is 4. The van der Waals surface area contributed by atoms with Crippen LogP contribution in [0.15, 0.2) is 36.7 Å². The molecule has 136 valence electrons. The first-order valence-electron chi connectivity index (χ1n) is 8.85. The second-order valence-electron chi connectivity index (χ2n) is 6.90. The number of aromatic nitrogens is 5. The number of benzene rings is 1. The van der Waals surface area contributed by atoms with Crippen molar-refractivity contribution in [3.8, 4) is 0 Å². The first-order chi connectivity index (χ1) is 13.2. The first-order valence-corrected chi connectivity index (χ1v) is 9.23. The maximum absolute atomic E-state index is 6.48. The molecule has 5 rings (SSSR count). The van der Waals surface area contributed by atoms with E-state index in [-0.39, 0.29) is 5.95 Å². The lowest BCUT2D eigenvalue weighted by Crippen LogP contribution is -2.05. The molecule has 0 saturated heterocycles. The highest BCUT2D eigenvalue weighted by Crippen LogP contribution is 2.39. The van der Waals surface area contributed by atoms with Crippen LogP contribution in [0.2, 0.25) is 5.02 Å². The van der Waals surface area contributed by atoms with Gasteiger partial charge < -0.3 is 16.0 Å². The van der Waals surface area contributed by atoms with E-state index in [2.05, 4.69) is 36.5 Å². The van der Waals surface area contributed by atoms with Gasteiger partial charge >= 0.3 is 0 Å². The van der Waals surface area contributed by atoms with Crippen molar-refractivity contribution in [1.82, 2.24) is 25.1 Å². The molecule has 3 aromatic heterocycles. The largest absolute Gasteiger partial charge is 0.368 e. The predicted octanol–water partition coefficient (Wildman–Crippen LogP) is 4.13. The summed E-state index contributed by atoms with van der Waals surface area (Å²) in [6.07, 6.45) is 6.65. The molecule has 8 heteroatoms. The minimum atomic E-state index is 0.214. The highest BCUT2D eigenvalue weighted by Gasteiger charge is 2.25. The van der Waals surface area contributed by atoms with Gasteiger partial charge in [-0.2, -0.15) is 10.1 Å². The van der Waals surface area contributed by atoms with Gasteiger partial charge in [-0.15, -0.1) is 0 Å². The second-order valence-corrected chi connectivity index (χ2v) is 7.30. The lowest BCUT2D eigenvalue weighted by atomic mass is 10.0. The zero-order valence-corrected chi connectivity index (χ0v) is 15.2. The van der Waals surface area contributed by atoms with E-state index >= 15 is 0 Å². The highest BCUT2D eigenvalue weighted by atomic mass is 35.5. The van der Waals surface area contributed by atoms with Gasteiger partial charge in [-0.3, -0.25) is 5.10 Å². The summed E-state index contributed by atoms with van der Waals surface area (Å²) < 4.78 is 0. The smallest absolute Gasteiger partial charge is 0.221 e. The van der Waals surface area contributed by atoms with Crippen molar-refractivity contribution >= 4 is 40.1 Å². The maximum Gasteiger partial charge on any atom is 0.221 e. The molecular formula is C19H18ClN7. The Morgan fingerprint density at radius 2 is 2.11 bits per heavy atom. The molecule has 1 aromatic carbocycles. The third-order valence-electron chi connectivity index (χ3n) is 4.85. The number of nitrogens with two attached hydrogens (primary N) is 1. The lowest BCUT2D eigenvalue weighted by Gasteiger charge is -2.11. The lowest BCUT2D eigenvalue weighted by molar-refractivity contribution is 0.965. The molecule has 0 radical (unpaired) electrons. The molecule has 1 aliphatic rings. The number of aromatic amines is 2. The fourth-order valence-electron chi connectivity index (χ4n) is 3.25. The molecule has 1 fully saturated rings. The third-order valence-corrected chi connectivity index (χ3v) is 5.20. The molecule has 3 heterocycles. The average Bonchev–Trinajstić information content (AvgIpc) is 3.23. The monoisotopic (exact) mass is 379 g/mol. The number of fused-ring (bicyclic) bond motifs is 1. The van der Waals surface area contributed by atoms with Crippen LogP contribution in [0.25, 0.3) is 10.9 Å². The summed E-state index contributed by atoms with van der Waals surface area (Å²) in [5.74, 6) is 2.19. The quantitative estimate of drug-likeness (QED) is 0.417. The van der Waals surface area contributed by atoms with E-state index in [4.69, 9.17) is 17.3 Å². The molecule has 0 unspecified atom stereocenters. The molecule has 5 N–H and O–H groups in total. The molecule has 1 saturated carbocycles. The molecule has 0 spiro atoms. The van der Waals surface area contributed by atoms with E-state index in [1.54, 1.807) is 6.20 Å². The fraction of sp³-hybridized carbons (Fsp3) is 0.211. The Balaban J connectivity index is 1.46. The van der Waals surface area contributed by atoms with Gasteiger partial charge in [-0.05, 0) is 42.0 Å². The van der Waals surface area contributed by atoms with E-state index < -0.39 is 0 Å². The number of H-pyrrole nitrogens is 2. The molecule has 4 aromatic rings. The second kappa shape index (κ2) is 6.28. The molecular weight excluding hydrogens is 362 g/mol. The summed E-state index contributed by atoms with van der Waals surface area (Å²) in [4.78, 5) is 11.7. The Morgan fingerprint density at radius 3 is 2.96 bits per heavy atom. The number of nitrogens with one attached hydrogen (secondary N) is 3. The Labute approximate surface area is 160 Å². The van der Waals surface area contributed by atoms with Crippen LogP contribution in [0, 0.1) is 0 Å². The van der Waals surface area contributed by atoms with E-state index in [0.717, 1.165) is 33.5 Å². The van der Waals surface area contributed by atoms with Gasteiger partial charge in [0.2, 0.25) is 5.95 Å². The van der Waals surface area contributed by atoms with Crippen LogP contribution in [-0.4, -0.2) is 25.1 Å². The average molecular weight is 380 g/mol. The molecule has 27 heavy (non-hydrogen) atoms. The van der Waals surface area contributed by atoms with Crippen molar-refractivity contribution in [1.29, 1.82) is 0 Å². The van der Waals surface area contributed by atoms with Gasteiger partial charge in [0.05, 0.1) is 0 Å². The Hall–Kier alpha value is -3.06. The van der Waals surface area contributed by atoms with Crippen molar-refractivity contribution in [2.24, 2.45) is 0 Å². The van der Waals surface area contributed by atoms with Gasteiger partial charge in [0, 0.05) is 52.6 Å². The van der Waals surface area contributed by atoms with Crippen LogP contribution in [0.5, 0.6) is 0 Å². The van der Waals surface area contributed by atoms with Gasteiger partial charge in [-0.1, -0.05) is 11.6 Å². The van der Waals surface area contributed by atoms with E-state index in [9.17, 15) is 0 Å². The SMILES string of the molecule is Nc1ncc(Cc2cc3cc[nH]c3cc2Cl)c(Nc2cc(C3CC3)[nH]n2)n1. The summed E-state index contributed by atoms with van der Waals surface area (Å²) in [6.45, 7) is 0. The Morgan fingerprint density at radius 1 is 1.22 bits per heavy atom. The van der Waals surface area contributed by atoms with E-state index in [0.29, 0.717) is 23.2 Å². The van der Waals surface area contributed by atoms with Gasteiger partial charge in [0.25, 0.3) is 0 Å². The minimum absolute atomic E-state index is 0.214. The number of anilines is 3. The van der Waals surface area contributed by atoms with E-state index in [1.807, 2.05) is 24.4 Å². The van der Waals surface area contributed by atoms with Crippen molar-refractivity contribution in [2.75, 3.05) is 11.1 Å². The molecule has 0 aliphatic heterocycles. The summed E-state index contributed by atoms with van der Waals surface area (Å²) >= 11 is 6.48. The maximum atomic E-state index is 6.48. The topological polar surface area (TPSA) is 108 Å². The van der Waals surface area contributed by atoms with Crippen LogP contribution in [-0.2, 0) is 6.42 Å². The van der Waals surface area contributed by atoms with Gasteiger partial charge in [0.15, 0.2) is 5.82 Å². The zero-order valence-electron chi connectivity index (χ0n) is 14.5. The Bertz CT molecular complexity index is 1130. The summed E-state index contributed by atoms with van der Waals surface area (Å²) in [5, 5.41) is 12.5. The van der Waals surface area contributed by atoms with Crippen LogP contribution >= 0.6 is 11.6 Å². The van der Waals surface area contributed by atoms with Crippen molar-refractivity contribution in [3.05, 3.63) is 58.5 Å². The number of halogens is 1. The van der Waals surface area contributed by atoms with Gasteiger partial charge in [0.1, 0.15) is 5.82 Å². The summed E-state index contributed by atoms with van der Waals surface area (Å²) in [7, 11) is 0. The fourth-order valence-corrected chi connectivity index (χ4v) is 3.48. The standard InChI is InChI=1S/C19H18ClN7/c20-14-7-15-11(3-4-22-15)5-12(14)6-13-9-23-19(21)25-18(13)24-17-8-16(26-27-17)10-1-2-10/h3-5,7-10,22H,1-2,6H2,(H4,21,23,24,25,26,27). The predicted molar refractivity (Wildman–Crippen MR) is 106 cm³/mol. The van der Waals surface area contributed by atoms with Gasteiger partial charge in [-0.25, -0.2) is 4.98 Å². The molecule has 0 bridgehead atoms. The van der Waals surface area contributed by atoms with E-state index in [1.165, 1.54) is 12.8 Å². The minimum Gasteiger partial charge on any atom is -0.368 e. The molecule has 1 aliphatic carbocycles. The summed E-state index contributed by atoms with van der Waals surface area (Å²) in [6, 6.07) is 8.07. The number of nitrogen functional groups attached to an aromatic ring is 1. The van der Waals surface area contributed by atoms with Crippen molar-refractivity contribution < 1.29 is 0 Å². The summed E-state index contributed by atoms with van der Waals surface area (Å²) in [5.41, 5.74) is 9.88. The number of nitrogens with zero attached hydrogens (tertiary/aromatic N) is 3. The first kappa shape index (κ1) is 16.1. The number of rotatable bonds is 5. The Kier molecular flexibility index (Phi) is 3.75. The van der Waals surface area contributed by atoms with Crippen LogP contribution in [0.4, 0.5) is 17.6 Å². The number of hydrogen-bond acceptors (Lipinski definition) is 5. The molecule has 0 amide bonds. The molecule has 0 atom stereocenters. The van der Waals surface area contributed by atoms with Crippen LogP contribution in [0.1, 0.15) is 35.6 Å². The highest BCUT2D eigenvalue weighted by molar-refractivity contribution is 6.32. The zero-order chi connectivity index (χ0) is 18.4. The van der Waals surface area contributed by atoms with Crippen molar-refractivity contribution in [2.45, 2.75) is 25.2 Å². The molecule has 7 nitrogen and oxygen atoms in total.